The van der Waals surface area contributed by atoms with Crippen molar-refractivity contribution in [2.45, 2.75) is 18.9 Å². The maximum absolute atomic E-state index is 13.5. The minimum absolute atomic E-state index is 0.0436. The zero-order valence-electron chi connectivity index (χ0n) is 18.1. The van der Waals surface area contributed by atoms with E-state index in [0.717, 1.165) is 39.9 Å². The van der Waals surface area contributed by atoms with Crippen LogP contribution in [0.15, 0.2) is 77.8 Å². The molecule has 0 aromatic heterocycles. The van der Waals surface area contributed by atoms with Crippen LogP contribution >= 0.6 is 0 Å². The van der Waals surface area contributed by atoms with Crippen molar-refractivity contribution >= 4 is 23.5 Å². The van der Waals surface area contributed by atoms with Gasteiger partial charge in [0.25, 0.3) is 5.91 Å². The van der Waals surface area contributed by atoms with E-state index in [2.05, 4.69) is 11.1 Å². The summed E-state index contributed by atoms with van der Waals surface area (Å²) in [6, 6.07) is 23.5. The molecule has 2 heterocycles. The smallest absolute Gasteiger partial charge is 0.266 e. The summed E-state index contributed by atoms with van der Waals surface area (Å²) < 4.78 is 0. The van der Waals surface area contributed by atoms with Gasteiger partial charge in [0.05, 0.1) is 0 Å². The first kappa shape index (κ1) is 20.0. The third kappa shape index (κ3) is 2.83. The monoisotopic (exact) mass is 424 g/mol. The Hall–Kier alpha value is -3.93. The number of likely N-dealkylation sites (N-methyl/N-ethyl adjacent to an activating group) is 1. The zero-order valence-corrected chi connectivity index (χ0v) is 18.1. The number of amides is 2. The van der Waals surface area contributed by atoms with E-state index < -0.39 is 5.54 Å². The van der Waals surface area contributed by atoms with Gasteiger partial charge in [0.1, 0.15) is 0 Å². The molecule has 3 aromatic rings. The van der Waals surface area contributed by atoms with Crippen molar-refractivity contribution in [3.63, 3.8) is 0 Å². The van der Waals surface area contributed by atoms with E-state index in [4.69, 9.17) is 5.73 Å². The molecule has 2 amide bonds. The first-order valence-corrected chi connectivity index (χ1v) is 10.6. The van der Waals surface area contributed by atoms with Crippen LogP contribution < -0.4 is 10.6 Å². The molecule has 160 valence electrons. The fraction of sp³-hybridized carbons (Fsp3) is 0.192. The van der Waals surface area contributed by atoms with Gasteiger partial charge in [0.2, 0.25) is 5.91 Å². The van der Waals surface area contributed by atoms with Crippen LogP contribution in [0.5, 0.6) is 0 Å². The predicted octanol–water partition coefficient (Wildman–Crippen LogP) is 3.29. The minimum atomic E-state index is -1.22. The van der Waals surface area contributed by atoms with Gasteiger partial charge in [-0.05, 0) is 46.4 Å². The van der Waals surface area contributed by atoms with Crippen LogP contribution in [0.4, 0.5) is 5.69 Å². The van der Waals surface area contributed by atoms with Crippen molar-refractivity contribution in [2.75, 3.05) is 18.5 Å². The highest BCUT2D eigenvalue weighted by Crippen LogP contribution is 2.42. The van der Waals surface area contributed by atoms with Crippen LogP contribution in [0, 0.1) is 0 Å². The largest absolute Gasteiger partial charge is 0.369 e. The van der Waals surface area contributed by atoms with Gasteiger partial charge in [-0.15, -0.1) is 0 Å². The topological polar surface area (TPSA) is 79.0 Å². The lowest BCUT2D eigenvalue weighted by Gasteiger charge is -2.26. The summed E-state index contributed by atoms with van der Waals surface area (Å²) in [6.07, 6.45) is 0.798. The number of aliphatic imine (C=N–C) groups is 1. The third-order valence-electron chi connectivity index (χ3n) is 6.43. The lowest BCUT2D eigenvalue weighted by molar-refractivity contribution is -0.129. The molecule has 2 aliphatic rings. The normalized spacial score (nSPS) is 19.8. The van der Waals surface area contributed by atoms with Crippen LogP contribution in [-0.2, 0) is 21.5 Å². The highest BCUT2D eigenvalue weighted by molar-refractivity contribution is 6.09. The maximum atomic E-state index is 13.5. The lowest BCUT2D eigenvalue weighted by atomic mass is 9.81. The van der Waals surface area contributed by atoms with Gasteiger partial charge in [0.15, 0.2) is 11.5 Å². The fourth-order valence-electron chi connectivity index (χ4n) is 4.81. The van der Waals surface area contributed by atoms with Crippen LogP contribution in [0.3, 0.4) is 0 Å². The van der Waals surface area contributed by atoms with Gasteiger partial charge < -0.3 is 10.6 Å². The first-order valence-electron chi connectivity index (χ1n) is 10.6. The molecule has 0 radical (unpaired) electrons. The van der Waals surface area contributed by atoms with Gasteiger partial charge in [-0.3, -0.25) is 14.5 Å². The molecule has 0 fully saturated rings. The second-order valence-corrected chi connectivity index (χ2v) is 8.22. The lowest BCUT2D eigenvalue weighted by Crippen LogP contribution is -2.41. The second-order valence-electron chi connectivity index (χ2n) is 8.22. The standard InChI is InChI=1S/C26H24N4O2/c1-17(31)30-15-14-22-21(12-7-13-23(22)30)18-8-6-11-20(16-18)26(19-9-4-3-5-10-19)24(32)29(2)25(27)28-26/h3-13,16H,14-15H2,1-2H3,(H2,27,28). The molecular weight excluding hydrogens is 400 g/mol. The molecule has 6 nitrogen and oxygen atoms in total. The number of fused-ring (bicyclic) bond motifs is 1. The Labute approximate surface area is 187 Å². The molecule has 1 atom stereocenters. The van der Waals surface area contributed by atoms with Crippen LogP contribution in [0.2, 0.25) is 0 Å². The van der Waals surface area contributed by atoms with Crippen LogP contribution in [0.25, 0.3) is 11.1 Å². The zero-order chi connectivity index (χ0) is 22.5. The Kier molecular flexibility index (Phi) is 4.59. The van der Waals surface area contributed by atoms with Gasteiger partial charge in [-0.2, -0.15) is 0 Å². The van der Waals surface area contributed by atoms with Crippen molar-refractivity contribution < 1.29 is 9.59 Å². The molecule has 1 unspecified atom stereocenters. The summed E-state index contributed by atoms with van der Waals surface area (Å²) in [5.74, 6) is 0.0587. The van der Waals surface area contributed by atoms with Crippen molar-refractivity contribution in [2.24, 2.45) is 10.7 Å². The van der Waals surface area contributed by atoms with E-state index in [0.29, 0.717) is 6.54 Å². The average molecular weight is 425 g/mol. The van der Waals surface area contributed by atoms with Crippen molar-refractivity contribution in [1.29, 1.82) is 0 Å². The highest BCUT2D eigenvalue weighted by Gasteiger charge is 2.49. The quantitative estimate of drug-likeness (QED) is 0.701. The van der Waals surface area contributed by atoms with Gasteiger partial charge in [-0.1, -0.05) is 60.7 Å². The summed E-state index contributed by atoms with van der Waals surface area (Å²) in [6.45, 7) is 2.27. The fourth-order valence-corrected chi connectivity index (χ4v) is 4.81. The number of hydrogen-bond donors (Lipinski definition) is 1. The first-order chi connectivity index (χ1) is 15.4. The molecule has 0 aliphatic carbocycles. The SMILES string of the molecule is CC(=O)N1CCc2c(-c3cccc(C4(c5ccccc5)N=C(N)N(C)C4=O)c3)cccc21. The summed E-state index contributed by atoms with van der Waals surface area (Å²) in [5, 5.41) is 0. The molecule has 2 N–H and O–H groups in total. The van der Waals surface area contributed by atoms with Gasteiger partial charge in [0, 0.05) is 26.2 Å². The Morgan fingerprint density at radius 1 is 1.00 bits per heavy atom. The minimum Gasteiger partial charge on any atom is -0.369 e. The molecule has 0 spiro atoms. The molecule has 0 saturated carbocycles. The number of nitrogens with two attached hydrogens (primary N) is 1. The molecule has 0 bridgehead atoms. The molecular formula is C26H24N4O2. The highest BCUT2D eigenvalue weighted by atomic mass is 16.2. The number of benzene rings is 3. The van der Waals surface area contributed by atoms with E-state index in [1.54, 1.807) is 14.0 Å². The van der Waals surface area contributed by atoms with E-state index in [9.17, 15) is 9.59 Å². The summed E-state index contributed by atoms with van der Waals surface area (Å²) >= 11 is 0. The van der Waals surface area contributed by atoms with Gasteiger partial charge >= 0.3 is 0 Å². The Balaban J connectivity index is 1.68. The summed E-state index contributed by atoms with van der Waals surface area (Å²) in [7, 11) is 1.65. The predicted molar refractivity (Wildman–Crippen MR) is 125 cm³/mol. The molecule has 5 rings (SSSR count). The molecule has 6 heteroatoms. The number of rotatable bonds is 3. The van der Waals surface area contributed by atoms with Crippen molar-refractivity contribution in [3.8, 4) is 11.1 Å². The molecule has 32 heavy (non-hydrogen) atoms. The van der Waals surface area contributed by atoms with Crippen molar-refractivity contribution in [1.82, 2.24) is 4.90 Å². The summed E-state index contributed by atoms with van der Waals surface area (Å²) in [4.78, 5) is 33.4. The maximum Gasteiger partial charge on any atom is 0.266 e. The molecule has 2 aliphatic heterocycles. The molecule has 3 aromatic carbocycles. The number of hydrogen-bond acceptors (Lipinski definition) is 4. The van der Waals surface area contributed by atoms with Crippen molar-refractivity contribution in [3.05, 3.63) is 89.5 Å². The van der Waals surface area contributed by atoms with Gasteiger partial charge in [-0.25, -0.2) is 4.99 Å². The third-order valence-corrected chi connectivity index (χ3v) is 6.43. The number of carbonyl (C=O) groups excluding carboxylic acids is 2. The van der Waals surface area contributed by atoms with E-state index in [1.807, 2.05) is 71.6 Å². The number of nitrogens with zero attached hydrogens (tertiary/aromatic N) is 3. The van der Waals surface area contributed by atoms with Crippen LogP contribution in [-0.4, -0.2) is 36.3 Å². The Morgan fingerprint density at radius 2 is 1.72 bits per heavy atom. The second kappa shape index (κ2) is 7.34. The molecule has 0 saturated heterocycles. The number of anilines is 1. The number of guanidine groups is 1. The van der Waals surface area contributed by atoms with Crippen LogP contribution in [0.1, 0.15) is 23.6 Å². The Morgan fingerprint density at radius 3 is 2.41 bits per heavy atom. The average Bonchev–Trinajstić information content (AvgIpc) is 3.35. The van der Waals surface area contributed by atoms with E-state index >= 15 is 0 Å². The Bertz CT molecular complexity index is 1270. The van der Waals surface area contributed by atoms with E-state index in [-0.39, 0.29) is 17.8 Å². The summed E-state index contributed by atoms with van der Waals surface area (Å²) in [5.41, 5.74) is 10.6. The number of carbonyl (C=O) groups is 2. The van der Waals surface area contributed by atoms with E-state index in [1.165, 1.54) is 4.90 Å².